The number of hydrogen-bond donors (Lipinski definition) is 1. The van der Waals surface area contributed by atoms with Gasteiger partial charge in [0.15, 0.2) is 0 Å². The largest absolute Gasteiger partial charge is 0.389 e. The minimum atomic E-state index is -0.811. The predicted octanol–water partition coefficient (Wildman–Crippen LogP) is 4.57. The van der Waals surface area contributed by atoms with Crippen LogP contribution >= 0.6 is 0 Å². The minimum absolute atomic E-state index is 0.499. The second-order valence-electron chi connectivity index (χ2n) is 6.19. The van der Waals surface area contributed by atoms with Crippen LogP contribution in [0.25, 0.3) is 0 Å². The molecule has 2 nitrogen and oxygen atoms in total. The molecule has 0 aromatic heterocycles. The van der Waals surface area contributed by atoms with E-state index in [1.165, 1.54) is 19.3 Å². The summed E-state index contributed by atoms with van der Waals surface area (Å²) in [5, 5.41) is 20.5. The lowest BCUT2D eigenvalue weighted by Crippen LogP contribution is -2.45. The second-order valence-corrected chi connectivity index (χ2v) is 6.19. The fourth-order valence-corrected chi connectivity index (χ4v) is 3.24. The molecule has 0 radical (unpaired) electrons. The van der Waals surface area contributed by atoms with Crippen molar-refractivity contribution < 1.29 is 5.11 Å². The lowest BCUT2D eigenvalue weighted by Gasteiger charge is -2.41. The van der Waals surface area contributed by atoms with Gasteiger partial charge >= 0.3 is 0 Å². The van der Waals surface area contributed by atoms with E-state index < -0.39 is 11.0 Å². The van der Waals surface area contributed by atoms with E-state index in [0.29, 0.717) is 0 Å². The Morgan fingerprint density at radius 1 is 1.11 bits per heavy atom. The lowest BCUT2D eigenvalue weighted by atomic mass is 9.65. The fourth-order valence-electron chi connectivity index (χ4n) is 3.24. The molecule has 1 aliphatic rings. The number of rotatable bonds is 5. The standard InChI is InChI=1S/C16H29NO/c1-3-4-8-11-15(2,18)16(14-17)12-9-6-5-7-10-13-16/h18H,3-13H2,1-2H3. The van der Waals surface area contributed by atoms with Gasteiger partial charge in [0.25, 0.3) is 0 Å². The van der Waals surface area contributed by atoms with Gasteiger partial charge in [0.1, 0.15) is 0 Å². The van der Waals surface area contributed by atoms with Gasteiger partial charge in [-0.2, -0.15) is 5.26 Å². The van der Waals surface area contributed by atoms with Crippen molar-refractivity contribution in [2.24, 2.45) is 5.41 Å². The Balaban J connectivity index is 2.72. The van der Waals surface area contributed by atoms with E-state index >= 15 is 0 Å². The molecule has 0 aliphatic heterocycles. The number of aliphatic hydroxyl groups is 1. The maximum absolute atomic E-state index is 10.8. The number of unbranched alkanes of at least 4 members (excludes halogenated alkanes) is 2. The van der Waals surface area contributed by atoms with Crippen molar-refractivity contribution in [1.29, 1.82) is 5.26 Å². The maximum Gasteiger partial charge on any atom is 0.0857 e. The highest BCUT2D eigenvalue weighted by molar-refractivity contribution is 5.10. The predicted molar refractivity (Wildman–Crippen MR) is 75.1 cm³/mol. The first-order chi connectivity index (χ1) is 8.58. The lowest BCUT2D eigenvalue weighted by molar-refractivity contribution is -0.0601. The summed E-state index contributed by atoms with van der Waals surface area (Å²) >= 11 is 0. The van der Waals surface area contributed by atoms with Crippen molar-refractivity contribution in [2.45, 2.75) is 90.1 Å². The summed E-state index contributed by atoms with van der Waals surface area (Å²) in [6, 6.07) is 2.50. The molecule has 0 aromatic carbocycles. The summed E-state index contributed by atoms with van der Waals surface area (Å²) in [5.74, 6) is 0. The van der Waals surface area contributed by atoms with Crippen molar-refractivity contribution in [3.63, 3.8) is 0 Å². The zero-order valence-corrected chi connectivity index (χ0v) is 12.2. The SMILES string of the molecule is CCCCCC(C)(O)C1(C#N)CCCCCCC1. The summed E-state index contributed by atoms with van der Waals surface area (Å²) in [7, 11) is 0. The van der Waals surface area contributed by atoms with Crippen molar-refractivity contribution in [3.05, 3.63) is 0 Å². The summed E-state index contributed by atoms with van der Waals surface area (Å²) in [4.78, 5) is 0. The quantitative estimate of drug-likeness (QED) is 0.727. The highest BCUT2D eigenvalue weighted by Crippen LogP contribution is 2.45. The van der Waals surface area contributed by atoms with E-state index in [-0.39, 0.29) is 0 Å². The Labute approximate surface area is 112 Å². The highest BCUT2D eigenvalue weighted by Gasteiger charge is 2.46. The van der Waals surface area contributed by atoms with Crippen LogP contribution in [0.3, 0.4) is 0 Å². The topological polar surface area (TPSA) is 44.0 Å². The molecule has 0 heterocycles. The van der Waals surface area contributed by atoms with Crippen LogP contribution in [0.2, 0.25) is 0 Å². The average Bonchev–Trinajstić information content (AvgIpc) is 2.29. The van der Waals surface area contributed by atoms with Crippen LogP contribution in [0.4, 0.5) is 0 Å². The van der Waals surface area contributed by atoms with Crippen LogP contribution in [0.5, 0.6) is 0 Å². The number of nitriles is 1. The molecule has 1 unspecified atom stereocenters. The zero-order chi connectivity index (χ0) is 13.5. The Morgan fingerprint density at radius 3 is 2.17 bits per heavy atom. The molecule has 2 heteroatoms. The minimum Gasteiger partial charge on any atom is -0.389 e. The average molecular weight is 251 g/mol. The van der Waals surface area contributed by atoms with Crippen LogP contribution in [0.15, 0.2) is 0 Å². The molecule has 0 saturated heterocycles. The van der Waals surface area contributed by atoms with Gasteiger partial charge in [-0.05, 0) is 26.2 Å². The van der Waals surface area contributed by atoms with Crippen LogP contribution < -0.4 is 0 Å². The molecule has 18 heavy (non-hydrogen) atoms. The molecule has 1 N–H and O–H groups in total. The number of nitrogens with zero attached hydrogens (tertiary/aromatic N) is 1. The van der Waals surface area contributed by atoms with Crippen LogP contribution in [0.1, 0.15) is 84.5 Å². The van der Waals surface area contributed by atoms with E-state index in [0.717, 1.165) is 51.4 Å². The summed E-state index contributed by atoms with van der Waals surface area (Å²) < 4.78 is 0. The van der Waals surface area contributed by atoms with Gasteiger partial charge in [-0.3, -0.25) is 0 Å². The molecule has 0 bridgehead atoms. The van der Waals surface area contributed by atoms with Gasteiger partial charge in [-0.15, -0.1) is 0 Å². The molecular formula is C16H29NO. The van der Waals surface area contributed by atoms with Gasteiger partial charge in [0.05, 0.1) is 17.1 Å². The van der Waals surface area contributed by atoms with Crippen LogP contribution in [-0.4, -0.2) is 10.7 Å². The van der Waals surface area contributed by atoms with Gasteiger partial charge in [0, 0.05) is 0 Å². The zero-order valence-electron chi connectivity index (χ0n) is 12.2. The highest BCUT2D eigenvalue weighted by atomic mass is 16.3. The van der Waals surface area contributed by atoms with Crippen LogP contribution in [0, 0.1) is 16.7 Å². The van der Waals surface area contributed by atoms with Gasteiger partial charge in [0.2, 0.25) is 0 Å². The summed E-state index contributed by atoms with van der Waals surface area (Å²) in [6.07, 6.45) is 11.8. The van der Waals surface area contributed by atoms with E-state index in [1.807, 2.05) is 6.92 Å². The first-order valence-electron chi connectivity index (χ1n) is 7.71. The van der Waals surface area contributed by atoms with Gasteiger partial charge in [-0.1, -0.05) is 58.3 Å². The second kappa shape index (κ2) is 7.14. The van der Waals surface area contributed by atoms with Crippen molar-refractivity contribution in [2.75, 3.05) is 0 Å². The van der Waals surface area contributed by atoms with Crippen molar-refractivity contribution >= 4 is 0 Å². The van der Waals surface area contributed by atoms with Crippen molar-refractivity contribution in [1.82, 2.24) is 0 Å². The molecule has 1 fully saturated rings. The molecule has 104 valence electrons. The van der Waals surface area contributed by atoms with Crippen LogP contribution in [-0.2, 0) is 0 Å². The fraction of sp³-hybridized carbons (Fsp3) is 0.938. The Morgan fingerprint density at radius 2 is 1.67 bits per heavy atom. The normalized spacial score (nSPS) is 23.4. The van der Waals surface area contributed by atoms with E-state index in [1.54, 1.807) is 0 Å². The summed E-state index contributed by atoms with van der Waals surface area (Å²) in [6.45, 7) is 4.07. The van der Waals surface area contributed by atoms with Gasteiger partial charge in [-0.25, -0.2) is 0 Å². The Kier molecular flexibility index (Phi) is 6.15. The molecule has 0 spiro atoms. The summed E-state index contributed by atoms with van der Waals surface area (Å²) in [5.41, 5.74) is -1.31. The third-order valence-corrected chi connectivity index (χ3v) is 4.72. The first-order valence-corrected chi connectivity index (χ1v) is 7.71. The third-order valence-electron chi connectivity index (χ3n) is 4.72. The van der Waals surface area contributed by atoms with E-state index in [2.05, 4.69) is 13.0 Å². The van der Waals surface area contributed by atoms with Gasteiger partial charge < -0.3 is 5.11 Å². The molecule has 1 aliphatic carbocycles. The molecule has 1 atom stereocenters. The molecule has 0 amide bonds. The van der Waals surface area contributed by atoms with E-state index in [4.69, 9.17) is 0 Å². The molecule has 1 saturated carbocycles. The van der Waals surface area contributed by atoms with Crippen molar-refractivity contribution in [3.8, 4) is 6.07 Å². The monoisotopic (exact) mass is 251 g/mol. The number of hydrogen-bond acceptors (Lipinski definition) is 2. The Bertz CT molecular complexity index is 269. The Hall–Kier alpha value is -0.550. The molecule has 0 aromatic rings. The molecular weight excluding hydrogens is 222 g/mol. The maximum atomic E-state index is 10.8. The third kappa shape index (κ3) is 3.72. The van der Waals surface area contributed by atoms with E-state index in [9.17, 15) is 10.4 Å². The smallest absolute Gasteiger partial charge is 0.0857 e. The first kappa shape index (κ1) is 15.5. The molecule has 1 rings (SSSR count).